The lowest BCUT2D eigenvalue weighted by Gasteiger charge is -2.10. The average Bonchev–Trinajstić information content (AvgIpc) is 2.74. The second-order valence-electron chi connectivity index (χ2n) is 3.84. The quantitative estimate of drug-likeness (QED) is 0.571. The molecule has 0 atom stereocenters. The first-order chi connectivity index (χ1) is 8.74. The highest BCUT2D eigenvalue weighted by Crippen LogP contribution is 2.12. The van der Waals surface area contributed by atoms with Crippen molar-refractivity contribution in [2.24, 2.45) is 0 Å². The molecule has 0 spiro atoms. The lowest BCUT2D eigenvalue weighted by molar-refractivity contribution is 0.0944. The molecule has 7 heteroatoms. The number of thioether (sulfide) groups is 1. The van der Waals surface area contributed by atoms with Crippen LogP contribution in [0.1, 0.15) is 0 Å². The molecule has 0 aliphatic carbocycles. The van der Waals surface area contributed by atoms with Crippen molar-refractivity contribution in [1.82, 2.24) is 9.55 Å². The van der Waals surface area contributed by atoms with E-state index in [0.717, 1.165) is 16.7 Å². The van der Waals surface area contributed by atoms with Crippen molar-refractivity contribution >= 4 is 35.4 Å². The highest BCUT2D eigenvalue weighted by Gasteiger charge is 2.19. The van der Waals surface area contributed by atoms with Crippen LogP contribution in [0.2, 0.25) is 0 Å². The molecule has 0 bridgehead atoms. The summed E-state index contributed by atoms with van der Waals surface area (Å²) in [5.74, 6) is 0.914. The van der Waals surface area contributed by atoms with Gasteiger partial charge in [-0.15, -0.1) is 0 Å². The first kappa shape index (κ1) is 13.4. The Morgan fingerprint density at radius 1 is 1.50 bits per heavy atom. The molecule has 2 N–H and O–H groups in total. The van der Waals surface area contributed by atoms with E-state index in [1.807, 2.05) is 12.3 Å². The Hall–Kier alpha value is -1.02. The number of pyridine rings is 1. The van der Waals surface area contributed by atoms with Crippen molar-refractivity contribution in [3.63, 3.8) is 0 Å². The van der Waals surface area contributed by atoms with Crippen molar-refractivity contribution in [2.45, 2.75) is 6.73 Å². The molecular formula is C11H15BN2O3S. The summed E-state index contributed by atoms with van der Waals surface area (Å²) in [5.41, 5.74) is 1.31. The maximum atomic E-state index is 9.36. The Bertz CT molecular complexity index is 518. The van der Waals surface area contributed by atoms with E-state index in [9.17, 15) is 10.0 Å². The number of hydrogen-bond acceptors (Lipinski definition) is 5. The van der Waals surface area contributed by atoms with Gasteiger partial charge in [-0.05, 0) is 18.4 Å². The highest BCUT2D eigenvalue weighted by molar-refractivity contribution is 7.98. The van der Waals surface area contributed by atoms with Crippen LogP contribution < -0.4 is 5.59 Å². The van der Waals surface area contributed by atoms with Crippen molar-refractivity contribution in [1.29, 1.82) is 0 Å². The minimum atomic E-state index is -1.51. The van der Waals surface area contributed by atoms with Crippen LogP contribution in [0.3, 0.4) is 0 Å². The molecule has 2 heterocycles. The molecule has 96 valence electrons. The van der Waals surface area contributed by atoms with Gasteiger partial charge in [0.15, 0.2) is 0 Å². The molecule has 0 aromatic carbocycles. The van der Waals surface area contributed by atoms with Crippen LogP contribution in [0.15, 0.2) is 24.5 Å². The van der Waals surface area contributed by atoms with Crippen LogP contribution in [0, 0.1) is 0 Å². The largest absolute Gasteiger partial charge is 0.506 e. The molecule has 0 amide bonds. The van der Waals surface area contributed by atoms with Gasteiger partial charge in [0.2, 0.25) is 0 Å². The Balaban J connectivity index is 2.24. The van der Waals surface area contributed by atoms with Gasteiger partial charge in [-0.3, -0.25) is 4.98 Å². The van der Waals surface area contributed by atoms with Crippen LogP contribution in [0.4, 0.5) is 0 Å². The third kappa shape index (κ3) is 2.86. The first-order valence-corrected chi connectivity index (χ1v) is 6.99. The molecule has 0 saturated carbocycles. The normalized spacial score (nSPS) is 11.1. The van der Waals surface area contributed by atoms with Crippen LogP contribution in [-0.2, 0) is 11.5 Å². The zero-order valence-electron chi connectivity index (χ0n) is 10.1. The summed E-state index contributed by atoms with van der Waals surface area (Å²) in [6.45, 7) is 0.938. The summed E-state index contributed by atoms with van der Waals surface area (Å²) in [6.07, 6.45) is 5.39. The molecule has 18 heavy (non-hydrogen) atoms. The van der Waals surface area contributed by atoms with E-state index in [-0.39, 0.29) is 0 Å². The summed E-state index contributed by atoms with van der Waals surface area (Å²) in [7, 11) is -1.51. The fourth-order valence-electron chi connectivity index (χ4n) is 1.79. The topological polar surface area (TPSA) is 67.5 Å². The number of rotatable bonds is 6. The summed E-state index contributed by atoms with van der Waals surface area (Å²) in [6, 6.07) is 3.55. The molecule has 0 radical (unpaired) electrons. The Morgan fingerprint density at radius 3 is 3.06 bits per heavy atom. The van der Waals surface area contributed by atoms with Gasteiger partial charge in [0.1, 0.15) is 6.73 Å². The number of fused-ring (bicyclic) bond motifs is 1. The van der Waals surface area contributed by atoms with Crippen LogP contribution in [0.25, 0.3) is 10.9 Å². The fraction of sp³-hybridized carbons (Fsp3) is 0.364. The molecule has 2 aromatic rings. The zero-order valence-corrected chi connectivity index (χ0v) is 10.9. The van der Waals surface area contributed by atoms with Crippen molar-refractivity contribution < 1.29 is 14.8 Å². The van der Waals surface area contributed by atoms with Crippen molar-refractivity contribution in [3.8, 4) is 0 Å². The molecule has 0 fully saturated rings. The number of nitrogens with zero attached hydrogens (tertiary/aromatic N) is 2. The van der Waals surface area contributed by atoms with E-state index in [1.54, 1.807) is 34.8 Å². The summed E-state index contributed by atoms with van der Waals surface area (Å²) in [5, 5.41) is 19.6. The average molecular weight is 266 g/mol. The predicted octanol–water partition coefficient (Wildman–Crippen LogP) is 0.0532. The van der Waals surface area contributed by atoms with Crippen molar-refractivity contribution in [3.05, 3.63) is 24.5 Å². The van der Waals surface area contributed by atoms with E-state index in [2.05, 4.69) is 4.98 Å². The summed E-state index contributed by atoms with van der Waals surface area (Å²) in [4.78, 5) is 4.02. The summed E-state index contributed by atoms with van der Waals surface area (Å²) < 4.78 is 7.27. The monoisotopic (exact) mass is 266 g/mol. The molecule has 2 rings (SSSR count). The molecule has 0 aliphatic heterocycles. The van der Waals surface area contributed by atoms with Gasteiger partial charge >= 0.3 is 7.12 Å². The predicted molar refractivity (Wildman–Crippen MR) is 73.9 cm³/mol. The van der Waals surface area contributed by atoms with E-state index in [0.29, 0.717) is 18.9 Å². The van der Waals surface area contributed by atoms with Crippen molar-refractivity contribution in [2.75, 3.05) is 18.6 Å². The minimum Gasteiger partial charge on any atom is -0.422 e. The standard InChI is InChI=1S/C11H15BN2O3S/c1-18-5-4-17-8-14-10-2-3-13-7-9(10)6-11(14)12(15)16/h2-3,6-7,15-16H,4-5,8H2,1H3. The maximum Gasteiger partial charge on any atom is 0.506 e. The second-order valence-corrected chi connectivity index (χ2v) is 4.82. The van der Waals surface area contributed by atoms with Gasteiger partial charge in [0, 0.05) is 23.5 Å². The van der Waals surface area contributed by atoms with E-state index >= 15 is 0 Å². The lowest BCUT2D eigenvalue weighted by Crippen LogP contribution is -2.36. The minimum absolute atomic E-state index is 0.307. The van der Waals surface area contributed by atoms with E-state index in [4.69, 9.17) is 4.74 Å². The lowest BCUT2D eigenvalue weighted by atomic mass is 9.86. The Labute approximate surface area is 110 Å². The first-order valence-electron chi connectivity index (χ1n) is 5.60. The molecule has 0 unspecified atom stereocenters. The smallest absolute Gasteiger partial charge is 0.422 e. The molecule has 2 aromatic heterocycles. The third-order valence-corrected chi connectivity index (χ3v) is 3.23. The summed E-state index contributed by atoms with van der Waals surface area (Å²) >= 11 is 1.71. The van der Waals surface area contributed by atoms with Crippen LogP contribution >= 0.6 is 11.8 Å². The molecular weight excluding hydrogens is 251 g/mol. The van der Waals surface area contributed by atoms with Gasteiger partial charge < -0.3 is 19.4 Å². The van der Waals surface area contributed by atoms with Crippen LogP contribution in [0.5, 0.6) is 0 Å². The Kier molecular flexibility index (Phi) is 4.65. The molecule has 0 saturated heterocycles. The van der Waals surface area contributed by atoms with E-state index in [1.165, 1.54) is 0 Å². The van der Waals surface area contributed by atoms with Gasteiger partial charge in [-0.1, -0.05) is 0 Å². The maximum absolute atomic E-state index is 9.36. The highest BCUT2D eigenvalue weighted by atomic mass is 32.2. The molecule has 0 aliphatic rings. The SMILES string of the molecule is CSCCOCn1c(B(O)O)cc2cnccc21. The Morgan fingerprint density at radius 2 is 2.33 bits per heavy atom. The van der Waals surface area contributed by atoms with Crippen LogP contribution in [-0.4, -0.2) is 45.3 Å². The third-order valence-electron chi connectivity index (χ3n) is 2.65. The van der Waals surface area contributed by atoms with Gasteiger partial charge in [-0.2, -0.15) is 11.8 Å². The number of aromatic nitrogens is 2. The fourth-order valence-corrected chi connectivity index (χ4v) is 2.07. The molecule has 5 nitrogen and oxygen atoms in total. The number of hydrogen-bond donors (Lipinski definition) is 2. The van der Waals surface area contributed by atoms with Gasteiger partial charge in [0.05, 0.1) is 17.7 Å². The van der Waals surface area contributed by atoms with E-state index < -0.39 is 7.12 Å². The van der Waals surface area contributed by atoms with Gasteiger partial charge in [-0.25, -0.2) is 0 Å². The zero-order chi connectivity index (χ0) is 13.0. The van der Waals surface area contributed by atoms with Gasteiger partial charge in [0.25, 0.3) is 0 Å². The second kappa shape index (κ2) is 6.24. The number of ether oxygens (including phenoxy) is 1.